The van der Waals surface area contributed by atoms with Crippen LogP contribution in [-0.2, 0) is 16.1 Å². The number of amides is 1. The van der Waals surface area contributed by atoms with Crippen LogP contribution in [0.3, 0.4) is 0 Å². The van der Waals surface area contributed by atoms with Gasteiger partial charge < -0.3 is 15.0 Å². The van der Waals surface area contributed by atoms with Gasteiger partial charge in [-0.3, -0.25) is 9.59 Å². The standard InChI is InChI=1S/C29H37ClN2O3/c1-29(2,3)35-27(33)19-31-18-20-4-6-21(7-5-20)22-10-14-25(15-11-22)32(26-16-17-26)28(34)23-8-12-24(30)13-9-23/h4-9,12-13,22,25-26,31H,10-11,14-19H2,1-3H3. The van der Waals surface area contributed by atoms with Gasteiger partial charge in [-0.15, -0.1) is 0 Å². The second kappa shape index (κ2) is 11.1. The van der Waals surface area contributed by atoms with Crippen molar-refractivity contribution in [2.24, 2.45) is 0 Å². The predicted molar refractivity (Wildman–Crippen MR) is 140 cm³/mol. The summed E-state index contributed by atoms with van der Waals surface area (Å²) >= 11 is 6.01. The van der Waals surface area contributed by atoms with Gasteiger partial charge in [0.05, 0.1) is 6.54 Å². The Morgan fingerprint density at radius 3 is 2.03 bits per heavy atom. The van der Waals surface area contributed by atoms with E-state index >= 15 is 0 Å². The van der Waals surface area contributed by atoms with E-state index in [1.165, 1.54) is 5.56 Å². The molecule has 0 radical (unpaired) electrons. The van der Waals surface area contributed by atoms with Crippen molar-refractivity contribution in [1.29, 1.82) is 0 Å². The summed E-state index contributed by atoms with van der Waals surface area (Å²) in [4.78, 5) is 27.3. The molecule has 5 nitrogen and oxygen atoms in total. The molecule has 0 bridgehead atoms. The lowest BCUT2D eigenvalue weighted by Crippen LogP contribution is -2.43. The lowest BCUT2D eigenvalue weighted by molar-refractivity contribution is -0.153. The highest BCUT2D eigenvalue weighted by molar-refractivity contribution is 6.30. The molecule has 2 saturated carbocycles. The number of carbonyl (C=O) groups excluding carboxylic acids is 2. The van der Waals surface area contributed by atoms with Gasteiger partial charge in [0.25, 0.3) is 5.91 Å². The number of carbonyl (C=O) groups is 2. The first-order chi connectivity index (χ1) is 16.7. The van der Waals surface area contributed by atoms with Crippen molar-refractivity contribution in [3.63, 3.8) is 0 Å². The van der Waals surface area contributed by atoms with Crippen LogP contribution in [0.2, 0.25) is 5.02 Å². The Hall–Kier alpha value is -2.37. The van der Waals surface area contributed by atoms with Gasteiger partial charge in [-0.25, -0.2) is 0 Å². The second-order valence-corrected chi connectivity index (χ2v) is 11.3. The first kappa shape index (κ1) is 25.7. The molecule has 0 atom stereocenters. The zero-order chi connectivity index (χ0) is 25.0. The first-order valence-corrected chi connectivity index (χ1v) is 13.2. The first-order valence-electron chi connectivity index (χ1n) is 12.8. The summed E-state index contributed by atoms with van der Waals surface area (Å²) in [6.45, 7) is 6.46. The molecule has 35 heavy (non-hydrogen) atoms. The van der Waals surface area contributed by atoms with E-state index in [2.05, 4.69) is 34.5 Å². The molecule has 0 aliphatic heterocycles. The molecule has 1 amide bonds. The van der Waals surface area contributed by atoms with Crippen LogP contribution in [0, 0.1) is 0 Å². The molecule has 2 aromatic carbocycles. The van der Waals surface area contributed by atoms with Crippen LogP contribution < -0.4 is 5.32 Å². The quantitative estimate of drug-likeness (QED) is 0.448. The highest BCUT2D eigenvalue weighted by Gasteiger charge is 2.39. The summed E-state index contributed by atoms with van der Waals surface area (Å²) in [6.07, 6.45) is 6.50. The molecular weight excluding hydrogens is 460 g/mol. The SMILES string of the molecule is CC(C)(C)OC(=O)CNCc1ccc(C2CCC(N(C(=O)c3ccc(Cl)cc3)C3CC3)CC2)cc1. The average molecular weight is 497 g/mol. The van der Waals surface area contributed by atoms with Crippen LogP contribution in [0.4, 0.5) is 0 Å². The van der Waals surface area contributed by atoms with Crippen LogP contribution in [0.5, 0.6) is 0 Å². The maximum absolute atomic E-state index is 13.3. The van der Waals surface area contributed by atoms with Crippen LogP contribution in [0.25, 0.3) is 0 Å². The summed E-state index contributed by atoms with van der Waals surface area (Å²) in [5, 5.41) is 3.82. The summed E-state index contributed by atoms with van der Waals surface area (Å²) in [5.74, 6) is 0.443. The molecule has 2 aliphatic carbocycles. The van der Waals surface area contributed by atoms with Gasteiger partial charge in [-0.05, 0) is 101 Å². The Labute approximate surface area is 214 Å². The monoisotopic (exact) mass is 496 g/mol. The van der Waals surface area contributed by atoms with E-state index in [1.54, 1.807) is 12.1 Å². The molecule has 2 aromatic rings. The van der Waals surface area contributed by atoms with E-state index < -0.39 is 5.60 Å². The summed E-state index contributed by atoms with van der Waals surface area (Å²) in [6, 6.07) is 16.7. The van der Waals surface area contributed by atoms with E-state index in [0.29, 0.717) is 29.6 Å². The number of halogens is 1. The fourth-order valence-corrected chi connectivity index (χ4v) is 5.13. The van der Waals surface area contributed by atoms with Crippen molar-refractivity contribution in [2.75, 3.05) is 6.54 Å². The van der Waals surface area contributed by atoms with Gasteiger partial charge in [0.1, 0.15) is 5.60 Å². The van der Waals surface area contributed by atoms with Crippen molar-refractivity contribution < 1.29 is 14.3 Å². The third-order valence-corrected chi connectivity index (χ3v) is 7.08. The molecule has 4 rings (SSSR count). The summed E-state index contributed by atoms with van der Waals surface area (Å²) in [7, 11) is 0. The average Bonchev–Trinajstić information content (AvgIpc) is 3.65. The number of esters is 1. The van der Waals surface area contributed by atoms with Crippen LogP contribution >= 0.6 is 11.6 Å². The number of hydrogen-bond donors (Lipinski definition) is 1. The Balaban J connectivity index is 1.27. The zero-order valence-electron chi connectivity index (χ0n) is 21.1. The van der Waals surface area contributed by atoms with E-state index in [4.69, 9.17) is 16.3 Å². The van der Waals surface area contributed by atoms with E-state index in [-0.39, 0.29) is 18.4 Å². The van der Waals surface area contributed by atoms with Gasteiger partial charge in [0.2, 0.25) is 0 Å². The maximum Gasteiger partial charge on any atom is 0.320 e. The normalized spacial score (nSPS) is 20.3. The van der Waals surface area contributed by atoms with Gasteiger partial charge >= 0.3 is 5.97 Å². The minimum absolute atomic E-state index is 0.149. The largest absolute Gasteiger partial charge is 0.459 e. The topological polar surface area (TPSA) is 58.6 Å². The van der Waals surface area contributed by atoms with E-state index in [0.717, 1.165) is 49.7 Å². The highest BCUT2D eigenvalue weighted by atomic mass is 35.5. The van der Waals surface area contributed by atoms with Crippen molar-refractivity contribution in [3.8, 4) is 0 Å². The molecule has 6 heteroatoms. The number of hydrogen-bond acceptors (Lipinski definition) is 4. The molecular formula is C29H37ClN2O3. The Morgan fingerprint density at radius 1 is 0.914 bits per heavy atom. The molecule has 1 N–H and O–H groups in total. The fraction of sp³-hybridized carbons (Fsp3) is 0.517. The molecule has 2 fully saturated rings. The predicted octanol–water partition coefficient (Wildman–Crippen LogP) is 6.10. The lowest BCUT2D eigenvalue weighted by atomic mass is 9.81. The molecule has 0 aromatic heterocycles. The van der Waals surface area contributed by atoms with Crippen molar-refractivity contribution >= 4 is 23.5 Å². The van der Waals surface area contributed by atoms with Crippen molar-refractivity contribution in [2.45, 2.75) is 89.4 Å². The number of benzene rings is 2. The molecule has 0 saturated heterocycles. The van der Waals surface area contributed by atoms with Gasteiger partial charge in [-0.2, -0.15) is 0 Å². The molecule has 0 unspecified atom stereocenters. The lowest BCUT2D eigenvalue weighted by Gasteiger charge is -2.37. The third kappa shape index (κ3) is 7.31. The van der Waals surface area contributed by atoms with Crippen molar-refractivity contribution in [1.82, 2.24) is 10.2 Å². The molecule has 2 aliphatic rings. The van der Waals surface area contributed by atoms with Crippen LogP contribution in [-0.4, -0.2) is 41.0 Å². The summed E-state index contributed by atoms with van der Waals surface area (Å²) < 4.78 is 5.33. The van der Waals surface area contributed by atoms with E-state index in [9.17, 15) is 9.59 Å². The van der Waals surface area contributed by atoms with Gasteiger partial charge in [0.15, 0.2) is 0 Å². The second-order valence-electron chi connectivity index (χ2n) is 10.9. The van der Waals surface area contributed by atoms with Crippen molar-refractivity contribution in [3.05, 3.63) is 70.2 Å². The Bertz CT molecular complexity index is 1000. The van der Waals surface area contributed by atoms with Crippen LogP contribution in [0.15, 0.2) is 48.5 Å². The minimum Gasteiger partial charge on any atom is -0.459 e. The molecule has 188 valence electrons. The van der Waals surface area contributed by atoms with Gasteiger partial charge in [-0.1, -0.05) is 35.9 Å². The number of ether oxygens (including phenoxy) is 1. The highest BCUT2D eigenvalue weighted by Crippen LogP contribution is 2.39. The Kier molecular flexibility index (Phi) is 8.18. The number of nitrogens with one attached hydrogen (secondary N) is 1. The number of nitrogens with zero attached hydrogens (tertiary/aromatic N) is 1. The fourth-order valence-electron chi connectivity index (χ4n) is 5.01. The minimum atomic E-state index is -0.460. The van der Waals surface area contributed by atoms with Crippen LogP contribution in [0.1, 0.15) is 86.7 Å². The maximum atomic E-state index is 13.3. The number of rotatable bonds is 8. The zero-order valence-corrected chi connectivity index (χ0v) is 21.8. The smallest absolute Gasteiger partial charge is 0.320 e. The van der Waals surface area contributed by atoms with Gasteiger partial charge in [0, 0.05) is 29.2 Å². The molecule has 0 heterocycles. The summed E-state index contributed by atoms with van der Waals surface area (Å²) in [5.41, 5.74) is 2.79. The Morgan fingerprint density at radius 2 is 1.49 bits per heavy atom. The third-order valence-electron chi connectivity index (χ3n) is 6.83. The van der Waals surface area contributed by atoms with E-state index in [1.807, 2.05) is 32.9 Å². The molecule has 0 spiro atoms.